The molecule has 1 aliphatic rings. The quantitative estimate of drug-likeness (QED) is 0.280. The van der Waals surface area contributed by atoms with Crippen LogP contribution in [0.3, 0.4) is 0 Å². The van der Waals surface area contributed by atoms with Gasteiger partial charge in [-0.05, 0) is 61.4 Å². The highest BCUT2D eigenvalue weighted by atomic mass is 32.1. The molecule has 1 atom stereocenters. The molecule has 3 aromatic carbocycles. The summed E-state index contributed by atoms with van der Waals surface area (Å²) < 4.78 is 26.3. The van der Waals surface area contributed by atoms with Crippen LogP contribution in [0.5, 0.6) is 5.75 Å². The molecule has 0 N–H and O–H groups in total. The lowest BCUT2D eigenvalue weighted by molar-refractivity contribution is 0.0971. The Morgan fingerprint density at radius 1 is 1.11 bits per heavy atom. The van der Waals surface area contributed by atoms with E-state index in [1.165, 1.54) is 28.4 Å². The van der Waals surface area contributed by atoms with Crippen LogP contribution in [-0.2, 0) is 0 Å². The fourth-order valence-electron chi connectivity index (χ4n) is 4.58. The molecule has 36 heavy (non-hydrogen) atoms. The van der Waals surface area contributed by atoms with E-state index < -0.39 is 11.9 Å². The number of carbonyl (C=O) groups excluding carboxylic acids is 1. The molecule has 0 radical (unpaired) electrons. The van der Waals surface area contributed by atoms with E-state index in [2.05, 4.69) is 4.98 Å². The third kappa shape index (κ3) is 3.56. The standard InChI is InChI=1S/C28H21FN2O4S/c1-3-11-34-18-6-4-5-16(13-18)24-23-25(32)19-12-15(2)7-10-21(19)35-26(23)27(33)31(24)28-30-20-9-8-17(29)14-22(20)36-28/h4-10,12-14,24H,3,11H2,1-2H3/t24-/m0/s1. The van der Waals surface area contributed by atoms with Crippen LogP contribution < -0.4 is 15.1 Å². The van der Waals surface area contributed by atoms with Crippen molar-refractivity contribution in [3.05, 3.63) is 99.2 Å². The van der Waals surface area contributed by atoms with Crippen LogP contribution in [-0.4, -0.2) is 17.5 Å². The Balaban J connectivity index is 1.60. The van der Waals surface area contributed by atoms with Gasteiger partial charge in [-0.3, -0.25) is 14.5 Å². The van der Waals surface area contributed by atoms with E-state index in [1.54, 1.807) is 18.2 Å². The van der Waals surface area contributed by atoms with Crippen LogP contribution >= 0.6 is 11.3 Å². The normalized spacial score (nSPS) is 15.1. The lowest BCUT2D eigenvalue weighted by Gasteiger charge is -2.23. The molecular formula is C28H21FN2O4S. The second-order valence-electron chi connectivity index (χ2n) is 8.78. The van der Waals surface area contributed by atoms with Gasteiger partial charge in [-0.1, -0.05) is 42.0 Å². The van der Waals surface area contributed by atoms with Crippen molar-refractivity contribution in [3.8, 4) is 5.75 Å². The molecule has 0 spiro atoms. The number of carbonyl (C=O) groups is 1. The van der Waals surface area contributed by atoms with E-state index in [0.717, 1.165) is 12.0 Å². The van der Waals surface area contributed by atoms with Crippen LogP contribution in [0.4, 0.5) is 9.52 Å². The van der Waals surface area contributed by atoms with Crippen LogP contribution in [0.15, 0.2) is 69.9 Å². The maximum Gasteiger partial charge on any atom is 0.297 e. The maximum absolute atomic E-state index is 13.9. The number of hydrogen-bond acceptors (Lipinski definition) is 6. The van der Waals surface area contributed by atoms with Crippen LogP contribution in [0, 0.1) is 12.7 Å². The van der Waals surface area contributed by atoms with Crippen molar-refractivity contribution < 1.29 is 18.3 Å². The summed E-state index contributed by atoms with van der Waals surface area (Å²) >= 11 is 1.19. The topological polar surface area (TPSA) is 72.6 Å². The second kappa shape index (κ2) is 8.57. The molecule has 3 heterocycles. The smallest absolute Gasteiger partial charge is 0.297 e. The van der Waals surface area contributed by atoms with Crippen LogP contribution in [0.25, 0.3) is 21.2 Å². The third-order valence-electron chi connectivity index (χ3n) is 6.22. The number of nitrogens with zero attached hydrogens (tertiary/aromatic N) is 2. The highest BCUT2D eigenvalue weighted by molar-refractivity contribution is 7.22. The number of ether oxygens (including phenoxy) is 1. The third-order valence-corrected chi connectivity index (χ3v) is 7.24. The molecule has 6 rings (SSSR count). The van der Waals surface area contributed by atoms with E-state index in [0.29, 0.717) is 44.2 Å². The van der Waals surface area contributed by atoms with Crippen molar-refractivity contribution in [3.63, 3.8) is 0 Å². The predicted octanol–water partition coefficient (Wildman–Crippen LogP) is 6.39. The fourth-order valence-corrected chi connectivity index (χ4v) is 5.60. The first-order valence-corrected chi connectivity index (χ1v) is 12.5. The van der Waals surface area contributed by atoms with E-state index in [9.17, 15) is 14.0 Å². The molecule has 2 aromatic heterocycles. The molecule has 0 bridgehead atoms. The minimum atomic E-state index is -0.774. The Hall–Kier alpha value is -4.04. The Labute approximate surface area is 209 Å². The minimum absolute atomic E-state index is 0.00771. The molecule has 5 aromatic rings. The average molecular weight is 501 g/mol. The molecule has 0 saturated carbocycles. The molecule has 1 aliphatic heterocycles. The molecular weight excluding hydrogens is 479 g/mol. The lowest BCUT2D eigenvalue weighted by atomic mass is 9.98. The van der Waals surface area contributed by atoms with Crippen LogP contribution in [0.2, 0.25) is 0 Å². The van der Waals surface area contributed by atoms with Crippen LogP contribution in [0.1, 0.15) is 46.6 Å². The van der Waals surface area contributed by atoms with Crippen molar-refractivity contribution in [1.29, 1.82) is 0 Å². The first-order valence-electron chi connectivity index (χ1n) is 11.6. The van der Waals surface area contributed by atoms with Gasteiger partial charge in [-0.15, -0.1) is 0 Å². The van der Waals surface area contributed by atoms with E-state index >= 15 is 0 Å². The van der Waals surface area contributed by atoms with E-state index in [4.69, 9.17) is 9.15 Å². The van der Waals surface area contributed by atoms with Gasteiger partial charge in [-0.2, -0.15) is 0 Å². The van der Waals surface area contributed by atoms with Gasteiger partial charge in [0.05, 0.1) is 33.8 Å². The largest absolute Gasteiger partial charge is 0.494 e. The monoisotopic (exact) mass is 500 g/mol. The molecule has 0 unspecified atom stereocenters. The average Bonchev–Trinajstić information content (AvgIpc) is 3.41. The molecule has 180 valence electrons. The number of fused-ring (bicyclic) bond motifs is 3. The highest BCUT2D eigenvalue weighted by Gasteiger charge is 2.45. The summed E-state index contributed by atoms with van der Waals surface area (Å²) in [6.45, 7) is 4.46. The maximum atomic E-state index is 13.9. The number of amides is 1. The van der Waals surface area contributed by atoms with Gasteiger partial charge >= 0.3 is 0 Å². The number of rotatable bonds is 5. The van der Waals surface area contributed by atoms with Gasteiger partial charge in [0, 0.05) is 0 Å². The summed E-state index contributed by atoms with van der Waals surface area (Å²) in [5, 5.41) is 0.773. The van der Waals surface area contributed by atoms with Gasteiger partial charge in [0.15, 0.2) is 10.6 Å². The number of hydrogen-bond donors (Lipinski definition) is 0. The highest BCUT2D eigenvalue weighted by Crippen LogP contribution is 2.44. The first-order chi connectivity index (χ1) is 17.4. The van der Waals surface area contributed by atoms with E-state index in [-0.39, 0.29) is 22.6 Å². The zero-order chi connectivity index (χ0) is 25.0. The molecule has 1 amide bonds. The zero-order valence-electron chi connectivity index (χ0n) is 19.6. The van der Waals surface area contributed by atoms with Crippen molar-refractivity contribution in [2.24, 2.45) is 0 Å². The number of thiazole rings is 1. The van der Waals surface area contributed by atoms with Crippen molar-refractivity contribution in [2.75, 3.05) is 11.5 Å². The van der Waals surface area contributed by atoms with Crippen molar-refractivity contribution in [2.45, 2.75) is 26.3 Å². The fraction of sp³-hybridized carbons (Fsp3) is 0.179. The second-order valence-corrected chi connectivity index (χ2v) is 9.79. The lowest BCUT2D eigenvalue weighted by Crippen LogP contribution is -2.29. The van der Waals surface area contributed by atoms with Crippen molar-refractivity contribution in [1.82, 2.24) is 4.98 Å². The Kier molecular flexibility index (Phi) is 5.34. The number of anilines is 1. The summed E-state index contributed by atoms with van der Waals surface area (Å²) in [6, 6.07) is 16.2. The Bertz CT molecular complexity index is 1720. The van der Waals surface area contributed by atoms with Gasteiger partial charge < -0.3 is 9.15 Å². The number of aromatic nitrogens is 1. The van der Waals surface area contributed by atoms with E-state index in [1.807, 2.05) is 44.2 Å². The molecule has 0 saturated heterocycles. The number of halogens is 1. The number of aryl methyl sites for hydroxylation is 1. The van der Waals surface area contributed by atoms with Gasteiger partial charge in [-0.25, -0.2) is 9.37 Å². The zero-order valence-corrected chi connectivity index (χ0v) is 20.4. The summed E-state index contributed by atoms with van der Waals surface area (Å²) in [6.07, 6.45) is 0.846. The molecule has 0 aliphatic carbocycles. The summed E-state index contributed by atoms with van der Waals surface area (Å²) in [5.41, 5.74) is 2.53. The molecule has 6 nitrogen and oxygen atoms in total. The molecule has 0 fully saturated rings. The summed E-state index contributed by atoms with van der Waals surface area (Å²) in [4.78, 5) is 33.7. The van der Waals surface area contributed by atoms with Gasteiger partial charge in [0.1, 0.15) is 17.1 Å². The van der Waals surface area contributed by atoms with Crippen molar-refractivity contribution >= 4 is 43.6 Å². The SMILES string of the molecule is CCCOc1cccc([C@H]2c3c(oc4ccc(C)cc4c3=O)C(=O)N2c2nc3ccc(F)cc3s2)c1. The van der Waals surface area contributed by atoms with Gasteiger partial charge in [0.2, 0.25) is 5.76 Å². The Morgan fingerprint density at radius 2 is 1.97 bits per heavy atom. The number of benzene rings is 3. The molecule has 8 heteroatoms. The summed E-state index contributed by atoms with van der Waals surface area (Å²) in [5.74, 6) is -0.215. The summed E-state index contributed by atoms with van der Waals surface area (Å²) in [7, 11) is 0. The Morgan fingerprint density at radius 3 is 2.81 bits per heavy atom. The van der Waals surface area contributed by atoms with Gasteiger partial charge in [0.25, 0.3) is 5.91 Å². The predicted molar refractivity (Wildman–Crippen MR) is 138 cm³/mol. The first kappa shape index (κ1) is 22.4. The minimum Gasteiger partial charge on any atom is -0.494 e.